The van der Waals surface area contributed by atoms with Gasteiger partial charge in [0.25, 0.3) is 0 Å². The first kappa shape index (κ1) is 14.7. The third-order valence-electron chi connectivity index (χ3n) is 2.43. The molecule has 0 saturated carbocycles. The molecule has 104 valence electrons. The third kappa shape index (κ3) is 4.15. The monoisotopic (exact) mass is 311 g/mol. The van der Waals surface area contributed by atoms with Gasteiger partial charge in [-0.05, 0) is 36.4 Å². The number of halogens is 2. The van der Waals surface area contributed by atoms with Gasteiger partial charge < -0.3 is 5.32 Å². The minimum absolute atomic E-state index is 0.240. The Kier molecular flexibility index (Phi) is 4.87. The Balaban J connectivity index is 1.99. The highest BCUT2D eigenvalue weighted by Crippen LogP contribution is 2.15. The van der Waals surface area contributed by atoms with Gasteiger partial charge in [0.15, 0.2) is 0 Å². The normalized spacial score (nSPS) is 11.9. The van der Waals surface area contributed by atoms with E-state index in [0.717, 1.165) is 6.07 Å². The first-order valence-electron chi connectivity index (χ1n) is 5.74. The first-order valence-corrected chi connectivity index (χ1v) is 7.43. The van der Waals surface area contributed by atoms with Gasteiger partial charge in [0.05, 0.1) is 10.8 Å². The summed E-state index contributed by atoms with van der Waals surface area (Å²) in [5.74, 6) is -1.14. The second kappa shape index (κ2) is 6.63. The van der Waals surface area contributed by atoms with Crippen molar-refractivity contribution in [2.45, 2.75) is 4.90 Å². The smallest absolute Gasteiger partial charge is 0.237 e. The summed E-state index contributed by atoms with van der Waals surface area (Å²) in [6, 6.07) is 12.0. The minimum atomic E-state index is -1.59. The predicted molar refractivity (Wildman–Crippen MR) is 77.8 cm³/mol. The van der Waals surface area contributed by atoms with E-state index in [2.05, 4.69) is 5.32 Å². The number of amides is 1. The van der Waals surface area contributed by atoms with Crippen LogP contribution in [0.25, 0.3) is 0 Å². The summed E-state index contributed by atoms with van der Waals surface area (Å²) in [5.41, 5.74) is 0.527. The van der Waals surface area contributed by atoms with Crippen LogP contribution in [-0.4, -0.2) is 15.9 Å². The Morgan fingerprint density at radius 2 is 1.95 bits per heavy atom. The van der Waals surface area contributed by atoms with Crippen LogP contribution < -0.4 is 5.32 Å². The lowest BCUT2D eigenvalue weighted by Gasteiger charge is -2.06. The van der Waals surface area contributed by atoms with Crippen molar-refractivity contribution in [1.29, 1.82) is 0 Å². The molecular weight excluding hydrogens is 301 g/mol. The molecule has 0 aliphatic carbocycles. The van der Waals surface area contributed by atoms with Crippen LogP contribution in [0.4, 0.5) is 10.1 Å². The van der Waals surface area contributed by atoms with Crippen LogP contribution >= 0.6 is 11.6 Å². The van der Waals surface area contributed by atoms with Crippen molar-refractivity contribution in [1.82, 2.24) is 0 Å². The molecule has 0 heterocycles. The van der Waals surface area contributed by atoms with Crippen molar-refractivity contribution in [3.05, 3.63) is 59.4 Å². The van der Waals surface area contributed by atoms with E-state index in [4.69, 9.17) is 11.6 Å². The molecule has 2 rings (SSSR count). The molecule has 1 unspecified atom stereocenters. The van der Waals surface area contributed by atoms with Gasteiger partial charge in [-0.25, -0.2) is 4.39 Å². The quantitative estimate of drug-likeness (QED) is 0.942. The van der Waals surface area contributed by atoms with Crippen LogP contribution in [0.1, 0.15) is 0 Å². The highest BCUT2D eigenvalue weighted by molar-refractivity contribution is 7.85. The molecule has 1 amide bonds. The van der Waals surface area contributed by atoms with Gasteiger partial charge in [0.1, 0.15) is 11.6 Å². The van der Waals surface area contributed by atoms with Crippen LogP contribution in [0.2, 0.25) is 5.02 Å². The van der Waals surface area contributed by atoms with Gasteiger partial charge in [-0.1, -0.05) is 23.7 Å². The van der Waals surface area contributed by atoms with Crippen LogP contribution in [0.3, 0.4) is 0 Å². The van der Waals surface area contributed by atoms with E-state index >= 15 is 0 Å². The molecular formula is C14H11ClFNO2S. The fourth-order valence-electron chi connectivity index (χ4n) is 1.57. The zero-order valence-corrected chi connectivity index (χ0v) is 11.9. The molecule has 1 atom stereocenters. The molecule has 20 heavy (non-hydrogen) atoms. The summed E-state index contributed by atoms with van der Waals surface area (Å²) in [4.78, 5) is 12.0. The molecule has 0 bridgehead atoms. The second-order valence-corrected chi connectivity index (χ2v) is 5.89. The maximum Gasteiger partial charge on any atom is 0.237 e. The van der Waals surface area contributed by atoms with Crippen molar-refractivity contribution in [3.63, 3.8) is 0 Å². The van der Waals surface area contributed by atoms with Crippen LogP contribution in [0.5, 0.6) is 0 Å². The van der Waals surface area contributed by atoms with E-state index < -0.39 is 22.5 Å². The number of hydrogen-bond acceptors (Lipinski definition) is 2. The van der Waals surface area contributed by atoms with Crippen molar-refractivity contribution in [2.75, 3.05) is 11.1 Å². The van der Waals surface area contributed by atoms with Crippen molar-refractivity contribution >= 4 is 34.0 Å². The van der Waals surface area contributed by atoms with E-state index in [0.29, 0.717) is 10.7 Å². The van der Waals surface area contributed by atoms with Crippen molar-refractivity contribution in [2.24, 2.45) is 0 Å². The summed E-state index contributed by atoms with van der Waals surface area (Å²) >= 11 is 5.79. The highest BCUT2D eigenvalue weighted by atomic mass is 35.5. The van der Waals surface area contributed by atoms with E-state index in [1.807, 2.05) is 0 Å². The molecule has 0 aromatic heterocycles. The Labute approximate surface area is 123 Å². The predicted octanol–water partition coefficient (Wildman–Crippen LogP) is 3.23. The molecule has 0 radical (unpaired) electrons. The van der Waals surface area contributed by atoms with Crippen LogP contribution in [0.15, 0.2) is 53.4 Å². The maximum atomic E-state index is 13.0. The largest absolute Gasteiger partial charge is 0.325 e. The van der Waals surface area contributed by atoms with Crippen molar-refractivity contribution in [3.8, 4) is 0 Å². The third-order valence-corrected chi connectivity index (χ3v) is 3.97. The first-order chi connectivity index (χ1) is 9.54. The summed E-state index contributed by atoms with van der Waals surface area (Å²) < 4.78 is 24.9. The number of benzene rings is 2. The number of carbonyl (C=O) groups is 1. The number of anilines is 1. The fraction of sp³-hybridized carbons (Fsp3) is 0.0714. The average molecular weight is 312 g/mol. The molecule has 0 aliphatic heterocycles. The number of nitrogens with one attached hydrogen (secondary N) is 1. The lowest BCUT2D eigenvalue weighted by Crippen LogP contribution is -2.19. The van der Waals surface area contributed by atoms with E-state index in [1.54, 1.807) is 24.3 Å². The molecule has 0 fully saturated rings. The van der Waals surface area contributed by atoms with Gasteiger partial charge >= 0.3 is 0 Å². The molecule has 3 nitrogen and oxygen atoms in total. The number of carbonyl (C=O) groups excluding carboxylic acids is 1. The summed E-state index contributed by atoms with van der Waals surface area (Å²) in [6.45, 7) is 0. The van der Waals surface area contributed by atoms with E-state index in [9.17, 15) is 13.4 Å². The molecule has 0 spiro atoms. The Morgan fingerprint density at radius 1 is 1.20 bits per heavy atom. The average Bonchev–Trinajstić information content (AvgIpc) is 2.38. The van der Waals surface area contributed by atoms with Gasteiger partial charge in [0.2, 0.25) is 5.91 Å². The van der Waals surface area contributed by atoms with Crippen molar-refractivity contribution < 1.29 is 13.4 Å². The maximum absolute atomic E-state index is 13.0. The minimum Gasteiger partial charge on any atom is -0.325 e. The molecule has 1 N–H and O–H groups in total. The number of hydrogen-bond donors (Lipinski definition) is 1. The Hall–Kier alpha value is -1.72. The van der Waals surface area contributed by atoms with Gasteiger partial charge in [-0.3, -0.25) is 9.00 Å². The van der Waals surface area contributed by atoms with Crippen LogP contribution in [0, 0.1) is 5.82 Å². The lowest BCUT2D eigenvalue weighted by atomic mass is 10.3. The standard InChI is InChI=1S/C14H11ClFNO2S/c15-10-3-1-5-12(7-10)17-14(18)9-20(19)13-6-2-4-11(16)8-13/h1-8H,9H2,(H,17,18). The highest BCUT2D eigenvalue weighted by Gasteiger charge is 2.11. The number of rotatable bonds is 4. The molecule has 0 saturated heterocycles. The molecule has 6 heteroatoms. The van der Waals surface area contributed by atoms with E-state index in [-0.39, 0.29) is 10.6 Å². The SMILES string of the molecule is O=C(CS(=O)c1cccc(F)c1)Nc1cccc(Cl)c1. The zero-order chi connectivity index (χ0) is 14.5. The zero-order valence-electron chi connectivity index (χ0n) is 10.3. The van der Waals surface area contributed by atoms with Gasteiger partial charge in [-0.15, -0.1) is 0 Å². The topological polar surface area (TPSA) is 46.2 Å². The molecule has 0 aliphatic rings. The summed E-state index contributed by atoms with van der Waals surface area (Å²) in [5, 5.41) is 3.08. The van der Waals surface area contributed by atoms with Crippen LogP contribution in [-0.2, 0) is 15.6 Å². The van der Waals surface area contributed by atoms with Gasteiger partial charge in [0, 0.05) is 15.6 Å². The Bertz CT molecular complexity index is 663. The Morgan fingerprint density at radius 3 is 2.65 bits per heavy atom. The lowest BCUT2D eigenvalue weighted by molar-refractivity contribution is -0.113. The molecule has 2 aromatic carbocycles. The second-order valence-electron chi connectivity index (χ2n) is 4.01. The van der Waals surface area contributed by atoms with E-state index in [1.165, 1.54) is 18.2 Å². The summed E-state index contributed by atoms with van der Waals surface area (Å²) in [6.07, 6.45) is 0. The molecule has 2 aromatic rings. The van der Waals surface area contributed by atoms with Gasteiger partial charge in [-0.2, -0.15) is 0 Å². The fourth-order valence-corrected chi connectivity index (χ4v) is 2.72. The summed E-state index contributed by atoms with van der Waals surface area (Å²) in [7, 11) is -1.59.